The lowest BCUT2D eigenvalue weighted by molar-refractivity contribution is 0.443. The molecule has 0 bridgehead atoms. The maximum Gasteiger partial charge on any atom is 0.246 e. The highest BCUT2D eigenvalue weighted by Crippen LogP contribution is 2.31. The smallest absolute Gasteiger partial charge is 0.246 e. The number of halogens is 1. The molecule has 0 spiro atoms. The van der Waals surface area contributed by atoms with Crippen LogP contribution in [-0.2, 0) is 10.0 Å². The van der Waals surface area contributed by atoms with Crippen LogP contribution in [0.5, 0.6) is 0 Å². The summed E-state index contributed by atoms with van der Waals surface area (Å²) in [6, 6.07) is 5.56. The van der Waals surface area contributed by atoms with Crippen LogP contribution >= 0.6 is 0 Å². The maximum atomic E-state index is 13.6. The normalized spacial score (nSPS) is 28.5. The number of sulfonamides is 1. The van der Waals surface area contributed by atoms with E-state index in [0.717, 1.165) is 13.1 Å². The number of nitrogens with zero attached hydrogens (tertiary/aromatic N) is 1. The SMILES string of the molecule is O=S(=O)(c1ccccc1F)N1CC2CNCC2C1. The van der Waals surface area contributed by atoms with Crippen molar-refractivity contribution in [1.82, 2.24) is 9.62 Å². The molecule has 0 saturated carbocycles. The molecule has 1 aromatic rings. The Morgan fingerprint density at radius 2 is 1.78 bits per heavy atom. The average Bonchev–Trinajstić information content (AvgIpc) is 2.89. The molecular formula is C12H15FN2O2S. The van der Waals surface area contributed by atoms with Gasteiger partial charge in [-0.15, -0.1) is 0 Å². The highest BCUT2D eigenvalue weighted by Gasteiger charge is 2.42. The van der Waals surface area contributed by atoms with E-state index in [1.807, 2.05) is 0 Å². The van der Waals surface area contributed by atoms with E-state index in [1.165, 1.54) is 22.5 Å². The Morgan fingerprint density at radius 3 is 2.39 bits per heavy atom. The second kappa shape index (κ2) is 4.29. The summed E-state index contributed by atoms with van der Waals surface area (Å²) in [5.41, 5.74) is 0. The largest absolute Gasteiger partial charge is 0.316 e. The van der Waals surface area contributed by atoms with E-state index in [0.29, 0.717) is 24.9 Å². The van der Waals surface area contributed by atoms with Crippen molar-refractivity contribution in [2.75, 3.05) is 26.2 Å². The van der Waals surface area contributed by atoms with E-state index in [9.17, 15) is 12.8 Å². The fourth-order valence-electron chi connectivity index (χ4n) is 2.80. The molecule has 2 unspecified atom stereocenters. The van der Waals surface area contributed by atoms with Gasteiger partial charge in [-0.3, -0.25) is 0 Å². The molecule has 2 saturated heterocycles. The minimum Gasteiger partial charge on any atom is -0.316 e. The highest BCUT2D eigenvalue weighted by molar-refractivity contribution is 7.89. The van der Waals surface area contributed by atoms with Crippen LogP contribution in [0, 0.1) is 17.7 Å². The van der Waals surface area contributed by atoms with Gasteiger partial charge in [0.1, 0.15) is 10.7 Å². The van der Waals surface area contributed by atoms with Crippen molar-refractivity contribution in [1.29, 1.82) is 0 Å². The van der Waals surface area contributed by atoms with Crippen LogP contribution in [0.1, 0.15) is 0 Å². The number of nitrogens with one attached hydrogen (secondary N) is 1. The Morgan fingerprint density at radius 1 is 1.17 bits per heavy atom. The third-order valence-corrected chi connectivity index (χ3v) is 5.68. The van der Waals surface area contributed by atoms with Gasteiger partial charge < -0.3 is 5.32 Å². The minimum absolute atomic E-state index is 0.210. The Hall–Kier alpha value is -0.980. The van der Waals surface area contributed by atoms with Gasteiger partial charge in [-0.1, -0.05) is 12.1 Å². The van der Waals surface area contributed by atoms with Crippen LogP contribution in [0.3, 0.4) is 0 Å². The van der Waals surface area contributed by atoms with Gasteiger partial charge in [-0.2, -0.15) is 4.31 Å². The van der Waals surface area contributed by atoms with Crippen molar-refractivity contribution < 1.29 is 12.8 Å². The Balaban J connectivity index is 1.90. The summed E-state index contributed by atoms with van der Waals surface area (Å²) in [4.78, 5) is -0.210. The van der Waals surface area contributed by atoms with Crippen LogP contribution in [0.25, 0.3) is 0 Å². The number of fused-ring (bicyclic) bond motifs is 1. The van der Waals surface area contributed by atoms with Gasteiger partial charge in [0.25, 0.3) is 0 Å². The summed E-state index contributed by atoms with van der Waals surface area (Å²) in [6.07, 6.45) is 0. The summed E-state index contributed by atoms with van der Waals surface area (Å²) in [5.74, 6) is 0.0609. The first-order valence-corrected chi connectivity index (χ1v) is 7.48. The standard InChI is InChI=1S/C12H15FN2O2S/c13-11-3-1-2-4-12(11)18(16,17)15-7-9-5-14-6-10(9)8-15/h1-4,9-10,14H,5-8H2. The van der Waals surface area contributed by atoms with E-state index >= 15 is 0 Å². The molecule has 18 heavy (non-hydrogen) atoms. The number of rotatable bonds is 2. The molecule has 0 aromatic heterocycles. The quantitative estimate of drug-likeness (QED) is 0.859. The zero-order chi connectivity index (χ0) is 12.8. The first-order chi connectivity index (χ1) is 8.59. The molecule has 2 fully saturated rings. The summed E-state index contributed by atoms with van der Waals surface area (Å²) < 4.78 is 39.7. The zero-order valence-electron chi connectivity index (χ0n) is 9.84. The van der Waals surface area contributed by atoms with Gasteiger partial charge in [0.2, 0.25) is 10.0 Å². The van der Waals surface area contributed by atoms with Crippen LogP contribution in [0.2, 0.25) is 0 Å². The molecular weight excluding hydrogens is 255 g/mol. The fourth-order valence-corrected chi connectivity index (χ4v) is 4.42. The molecule has 0 radical (unpaired) electrons. The molecule has 2 atom stereocenters. The number of benzene rings is 1. The zero-order valence-corrected chi connectivity index (χ0v) is 10.7. The number of hydrogen-bond acceptors (Lipinski definition) is 3. The first-order valence-electron chi connectivity index (χ1n) is 6.04. The highest BCUT2D eigenvalue weighted by atomic mass is 32.2. The number of hydrogen-bond donors (Lipinski definition) is 1. The van der Waals surface area contributed by atoms with Gasteiger partial charge in [-0.05, 0) is 37.1 Å². The second-order valence-corrected chi connectivity index (χ2v) is 6.84. The van der Waals surface area contributed by atoms with E-state index in [-0.39, 0.29) is 4.90 Å². The van der Waals surface area contributed by atoms with E-state index in [2.05, 4.69) is 5.32 Å². The van der Waals surface area contributed by atoms with Gasteiger partial charge >= 0.3 is 0 Å². The predicted molar refractivity (Wildman–Crippen MR) is 65.0 cm³/mol. The molecule has 3 rings (SSSR count). The van der Waals surface area contributed by atoms with Crippen LogP contribution in [0.4, 0.5) is 4.39 Å². The summed E-state index contributed by atoms with van der Waals surface area (Å²) in [6.45, 7) is 2.70. The van der Waals surface area contributed by atoms with E-state index < -0.39 is 15.8 Å². The summed E-state index contributed by atoms with van der Waals surface area (Å²) in [5, 5.41) is 3.25. The van der Waals surface area contributed by atoms with E-state index in [1.54, 1.807) is 6.07 Å². The third-order valence-electron chi connectivity index (χ3n) is 3.81. The molecule has 2 heterocycles. The van der Waals surface area contributed by atoms with Crippen molar-refractivity contribution in [2.45, 2.75) is 4.90 Å². The average molecular weight is 270 g/mol. The third kappa shape index (κ3) is 1.84. The Kier molecular flexibility index (Phi) is 2.88. The van der Waals surface area contributed by atoms with Gasteiger partial charge in [-0.25, -0.2) is 12.8 Å². The lowest BCUT2D eigenvalue weighted by Gasteiger charge is -2.17. The van der Waals surface area contributed by atoms with Gasteiger partial charge in [0.15, 0.2) is 0 Å². The van der Waals surface area contributed by atoms with Crippen LogP contribution < -0.4 is 5.32 Å². The lowest BCUT2D eigenvalue weighted by Crippen LogP contribution is -2.32. The molecule has 6 heteroatoms. The van der Waals surface area contributed by atoms with E-state index in [4.69, 9.17) is 0 Å². The van der Waals surface area contributed by atoms with Crippen LogP contribution in [0.15, 0.2) is 29.2 Å². The Bertz CT molecular complexity index is 549. The van der Waals surface area contributed by atoms with Gasteiger partial charge in [0.05, 0.1) is 0 Å². The maximum absolute atomic E-state index is 13.6. The van der Waals surface area contributed by atoms with Crippen molar-refractivity contribution in [2.24, 2.45) is 11.8 Å². The molecule has 2 aliphatic rings. The van der Waals surface area contributed by atoms with Crippen molar-refractivity contribution in [3.63, 3.8) is 0 Å². The molecule has 2 aliphatic heterocycles. The molecule has 4 nitrogen and oxygen atoms in total. The molecule has 0 amide bonds. The topological polar surface area (TPSA) is 49.4 Å². The Labute approximate surface area is 106 Å². The second-order valence-electron chi connectivity index (χ2n) is 4.93. The fraction of sp³-hybridized carbons (Fsp3) is 0.500. The minimum atomic E-state index is -3.68. The van der Waals surface area contributed by atoms with Crippen molar-refractivity contribution in [3.8, 4) is 0 Å². The monoisotopic (exact) mass is 270 g/mol. The van der Waals surface area contributed by atoms with Crippen molar-refractivity contribution >= 4 is 10.0 Å². The molecule has 98 valence electrons. The van der Waals surface area contributed by atoms with Crippen molar-refractivity contribution in [3.05, 3.63) is 30.1 Å². The summed E-state index contributed by atoms with van der Waals surface area (Å²) >= 11 is 0. The molecule has 0 aliphatic carbocycles. The summed E-state index contributed by atoms with van der Waals surface area (Å²) in [7, 11) is -3.68. The predicted octanol–water partition coefficient (Wildman–Crippen LogP) is 0.666. The molecule has 1 N–H and O–H groups in total. The first kappa shape index (κ1) is 12.1. The molecule has 1 aromatic carbocycles. The van der Waals surface area contributed by atoms with Gasteiger partial charge in [0, 0.05) is 13.1 Å². The van der Waals surface area contributed by atoms with Crippen LogP contribution in [-0.4, -0.2) is 38.9 Å². The lowest BCUT2D eigenvalue weighted by atomic mass is 10.0.